The van der Waals surface area contributed by atoms with E-state index in [4.69, 9.17) is 9.97 Å². The smallest absolute Gasteiger partial charge is 0.162 e. The highest BCUT2D eigenvalue weighted by Gasteiger charge is 2.21. The molecule has 2 N–H and O–H groups in total. The maximum atomic E-state index is 14.4. The minimum atomic E-state index is -1.52. The summed E-state index contributed by atoms with van der Waals surface area (Å²) < 4.78 is 14.4. The molecule has 0 aliphatic carbocycles. The number of aryl methyl sites for hydroxylation is 1. The van der Waals surface area contributed by atoms with Crippen LogP contribution in [0.15, 0.2) is 55.4 Å². The van der Waals surface area contributed by atoms with Gasteiger partial charge < -0.3 is 15.2 Å². The van der Waals surface area contributed by atoms with Crippen molar-refractivity contribution in [3.63, 3.8) is 0 Å². The zero-order valence-electron chi connectivity index (χ0n) is 20.5. The van der Waals surface area contributed by atoms with Crippen molar-refractivity contribution in [2.24, 2.45) is 0 Å². The van der Waals surface area contributed by atoms with Crippen LogP contribution in [0.2, 0.25) is 0 Å². The summed E-state index contributed by atoms with van der Waals surface area (Å²) in [4.78, 5) is 19.8. The third kappa shape index (κ3) is 4.76. The van der Waals surface area contributed by atoms with Crippen LogP contribution < -0.4 is 10.2 Å². The van der Waals surface area contributed by atoms with Gasteiger partial charge in [-0.2, -0.15) is 0 Å². The number of aromatic amines is 1. The molecule has 35 heavy (non-hydrogen) atoms. The average molecular weight is 471 g/mol. The van der Waals surface area contributed by atoms with Gasteiger partial charge in [0.1, 0.15) is 11.2 Å². The Kier molecular flexibility index (Phi) is 6.01. The summed E-state index contributed by atoms with van der Waals surface area (Å²) in [6.07, 6.45) is 7.16. The van der Waals surface area contributed by atoms with Crippen molar-refractivity contribution in [1.29, 1.82) is 0 Å². The van der Waals surface area contributed by atoms with Crippen molar-refractivity contribution < 1.29 is 4.39 Å². The Morgan fingerprint density at radius 3 is 2.66 bits per heavy atom. The van der Waals surface area contributed by atoms with E-state index < -0.39 is 5.67 Å². The van der Waals surface area contributed by atoms with E-state index in [9.17, 15) is 4.39 Å². The lowest BCUT2D eigenvalue weighted by atomic mass is 10.0. The summed E-state index contributed by atoms with van der Waals surface area (Å²) in [6, 6.07) is 11.7. The van der Waals surface area contributed by atoms with E-state index in [1.54, 1.807) is 12.3 Å². The predicted octanol–water partition coefficient (Wildman–Crippen LogP) is 6.61. The Morgan fingerprint density at radius 2 is 1.89 bits per heavy atom. The van der Waals surface area contributed by atoms with Crippen LogP contribution in [0.4, 0.5) is 15.9 Å². The van der Waals surface area contributed by atoms with Crippen molar-refractivity contribution in [1.82, 2.24) is 19.9 Å². The fourth-order valence-corrected chi connectivity index (χ4v) is 4.51. The number of hydrogen-bond donors (Lipinski definition) is 2. The Bertz CT molecular complexity index is 1380. The molecule has 5 rings (SSSR count). The summed E-state index contributed by atoms with van der Waals surface area (Å²) in [6.45, 7) is 11.3. The summed E-state index contributed by atoms with van der Waals surface area (Å²) in [5, 5.41) is 3.37. The zero-order valence-corrected chi connectivity index (χ0v) is 20.5. The van der Waals surface area contributed by atoms with E-state index in [2.05, 4.69) is 45.8 Å². The third-order valence-corrected chi connectivity index (χ3v) is 6.53. The molecule has 7 heteroatoms. The van der Waals surface area contributed by atoms with Gasteiger partial charge in [0.15, 0.2) is 11.6 Å². The fraction of sp³-hybridized carbons (Fsp3) is 0.321. The number of hydrogen-bond acceptors (Lipinski definition) is 5. The zero-order chi connectivity index (χ0) is 24.6. The first kappa shape index (κ1) is 23.0. The van der Waals surface area contributed by atoms with Crippen molar-refractivity contribution in [2.75, 3.05) is 23.3 Å². The van der Waals surface area contributed by atoms with Gasteiger partial charge in [0.05, 0.1) is 11.2 Å². The van der Waals surface area contributed by atoms with Gasteiger partial charge in [-0.3, -0.25) is 4.98 Å². The minimum absolute atomic E-state index is 0.376. The molecule has 0 spiro atoms. The molecule has 1 fully saturated rings. The fourth-order valence-electron chi connectivity index (χ4n) is 4.51. The van der Waals surface area contributed by atoms with Crippen molar-refractivity contribution in [3.8, 4) is 11.4 Å². The largest absolute Gasteiger partial charge is 0.357 e. The van der Waals surface area contributed by atoms with Crippen molar-refractivity contribution in [2.45, 2.75) is 45.7 Å². The lowest BCUT2D eigenvalue weighted by Crippen LogP contribution is -2.30. The summed E-state index contributed by atoms with van der Waals surface area (Å²) in [5.41, 5.74) is 5.13. The van der Waals surface area contributed by atoms with E-state index in [0.717, 1.165) is 52.3 Å². The van der Waals surface area contributed by atoms with Crippen molar-refractivity contribution in [3.05, 3.63) is 72.2 Å². The van der Waals surface area contributed by atoms with E-state index in [0.29, 0.717) is 17.2 Å². The number of halogens is 1. The second kappa shape index (κ2) is 9.13. The van der Waals surface area contributed by atoms with E-state index in [1.807, 2.05) is 24.4 Å². The molecule has 0 atom stereocenters. The normalized spacial score (nSPS) is 14.3. The molecule has 180 valence electrons. The average Bonchev–Trinajstić information content (AvgIpc) is 3.33. The summed E-state index contributed by atoms with van der Waals surface area (Å²) in [7, 11) is 0. The number of benzene rings is 1. The monoisotopic (exact) mass is 470 g/mol. The van der Waals surface area contributed by atoms with Gasteiger partial charge in [-0.25, -0.2) is 14.4 Å². The number of pyridine rings is 1. The van der Waals surface area contributed by atoms with E-state index in [-0.39, 0.29) is 0 Å². The molecule has 1 aliphatic heterocycles. The molecule has 4 aromatic rings. The van der Waals surface area contributed by atoms with Gasteiger partial charge >= 0.3 is 0 Å². The molecule has 0 saturated carbocycles. The van der Waals surface area contributed by atoms with Crippen molar-refractivity contribution >= 4 is 28.2 Å². The molecule has 4 heterocycles. The van der Waals surface area contributed by atoms with Crippen LogP contribution in [-0.2, 0) is 5.67 Å². The number of nitrogens with one attached hydrogen (secondary N) is 2. The first-order chi connectivity index (χ1) is 16.8. The van der Waals surface area contributed by atoms with Gasteiger partial charge in [-0.15, -0.1) is 0 Å². The minimum Gasteiger partial charge on any atom is -0.357 e. The highest BCUT2D eigenvalue weighted by molar-refractivity contribution is 5.89. The Balaban J connectivity index is 1.48. The first-order valence-corrected chi connectivity index (χ1v) is 12.1. The van der Waals surface area contributed by atoms with Crippen LogP contribution in [0.3, 0.4) is 0 Å². The van der Waals surface area contributed by atoms with E-state index in [1.165, 1.54) is 33.1 Å². The molecule has 0 amide bonds. The van der Waals surface area contributed by atoms with Gasteiger partial charge in [0.25, 0.3) is 0 Å². The lowest BCUT2D eigenvalue weighted by Gasteiger charge is -2.28. The van der Waals surface area contributed by atoms with Gasteiger partial charge in [-0.05, 0) is 75.9 Å². The Morgan fingerprint density at radius 1 is 1.09 bits per heavy atom. The Labute approximate surface area is 205 Å². The van der Waals surface area contributed by atoms with Crippen LogP contribution in [0, 0.1) is 6.92 Å². The number of aromatic nitrogens is 4. The number of rotatable bonds is 6. The molecule has 1 aromatic carbocycles. The molecule has 3 aromatic heterocycles. The van der Waals surface area contributed by atoms with E-state index >= 15 is 0 Å². The van der Waals surface area contributed by atoms with Crippen LogP contribution in [-0.4, -0.2) is 33.0 Å². The lowest BCUT2D eigenvalue weighted by molar-refractivity contribution is 0.214. The topological polar surface area (TPSA) is 69.7 Å². The van der Waals surface area contributed by atoms with Crippen LogP contribution >= 0.6 is 0 Å². The molecular weight excluding hydrogens is 439 g/mol. The third-order valence-electron chi connectivity index (χ3n) is 6.53. The number of nitrogens with zero attached hydrogens (tertiary/aromatic N) is 4. The molecule has 1 saturated heterocycles. The molecular formula is C28H31FN6. The van der Waals surface area contributed by atoms with Crippen LogP contribution in [0.1, 0.15) is 49.9 Å². The number of piperidine rings is 1. The van der Waals surface area contributed by atoms with Gasteiger partial charge in [0.2, 0.25) is 0 Å². The van der Waals surface area contributed by atoms with Gasteiger partial charge in [0, 0.05) is 48.0 Å². The maximum absolute atomic E-state index is 14.4. The second-order valence-corrected chi connectivity index (χ2v) is 9.69. The van der Waals surface area contributed by atoms with Crippen LogP contribution in [0.5, 0.6) is 0 Å². The summed E-state index contributed by atoms with van der Waals surface area (Å²) in [5.74, 6) is 1.67. The number of alkyl halides is 1. The quantitative estimate of drug-likeness (QED) is 0.332. The Hall–Kier alpha value is -3.74. The highest BCUT2D eigenvalue weighted by atomic mass is 19.1. The van der Waals surface area contributed by atoms with Gasteiger partial charge in [-0.1, -0.05) is 12.6 Å². The standard InChI is InChI=1S/C28H31FN6/c1-18-8-9-21(32-19(2)20-10-12-30-24(16-20)28(3,4)29)17-22(18)26-33-23-11-13-31-25(23)27(34-26)35-14-6-5-7-15-35/h8-13,16-17,31-32H,2,5-7,14-15H2,1,3-4H3. The molecule has 1 aliphatic rings. The number of anilines is 2. The number of fused-ring (bicyclic) bond motifs is 1. The second-order valence-electron chi connectivity index (χ2n) is 9.69. The van der Waals surface area contributed by atoms with Crippen LogP contribution in [0.25, 0.3) is 28.1 Å². The first-order valence-electron chi connectivity index (χ1n) is 12.1. The predicted molar refractivity (Wildman–Crippen MR) is 141 cm³/mol. The SMILES string of the molecule is C=C(Nc1ccc(C)c(-c2nc(N3CCCCC3)c3[nH]ccc3n2)c1)c1ccnc(C(C)(C)F)c1. The maximum Gasteiger partial charge on any atom is 0.162 e. The molecule has 0 unspecified atom stereocenters. The molecule has 0 radical (unpaired) electrons. The molecule has 0 bridgehead atoms. The summed E-state index contributed by atoms with van der Waals surface area (Å²) >= 11 is 0. The highest BCUT2D eigenvalue weighted by Crippen LogP contribution is 2.32. The molecule has 6 nitrogen and oxygen atoms in total. The number of H-pyrrole nitrogens is 1.